The van der Waals surface area contributed by atoms with Crippen molar-refractivity contribution in [3.8, 4) is 56.5 Å². The Bertz CT molecular complexity index is 2570. The largest absolute Gasteiger partial charge is 0.339 e. The van der Waals surface area contributed by atoms with Crippen molar-refractivity contribution in [2.75, 3.05) is 0 Å². The molecule has 0 fully saturated rings. The lowest BCUT2D eigenvalue weighted by molar-refractivity contribution is 0.829. The van der Waals surface area contributed by atoms with E-state index in [-0.39, 0.29) is 0 Å². The van der Waals surface area contributed by atoms with Gasteiger partial charge in [0.25, 0.3) is 0 Å². The number of aryl methyl sites for hydroxylation is 1. The van der Waals surface area contributed by atoms with E-state index in [9.17, 15) is 0 Å². The zero-order valence-corrected chi connectivity index (χ0v) is 27.0. The van der Waals surface area contributed by atoms with Crippen LogP contribution >= 0.6 is 0 Å². The van der Waals surface area contributed by atoms with Crippen LogP contribution in [0.25, 0.3) is 89.3 Å². The Morgan fingerprint density at radius 1 is 0.429 bits per heavy atom. The van der Waals surface area contributed by atoms with E-state index in [2.05, 4.69) is 109 Å². The summed E-state index contributed by atoms with van der Waals surface area (Å²) in [5.74, 6) is 1.95. The van der Waals surface area contributed by atoms with Crippen molar-refractivity contribution in [2.24, 2.45) is 0 Å². The Morgan fingerprint density at radius 3 is 1.65 bits per heavy atom. The summed E-state index contributed by atoms with van der Waals surface area (Å²) in [7, 11) is 0. The lowest BCUT2D eigenvalue weighted by Gasteiger charge is -2.10. The fourth-order valence-electron chi connectivity index (χ4n) is 6.82. The van der Waals surface area contributed by atoms with Crippen LogP contribution in [0.2, 0.25) is 0 Å². The van der Waals surface area contributed by atoms with Gasteiger partial charge in [0, 0.05) is 50.5 Å². The Hall–Kier alpha value is -6.46. The zero-order valence-electron chi connectivity index (χ0n) is 27.0. The number of hydrogen-bond donors (Lipinski definition) is 0. The van der Waals surface area contributed by atoms with Gasteiger partial charge in [0.2, 0.25) is 0 Å². The molecule has 0 atom stereocenters. The summed E-state index contributed by atoms with van der Waals surface area (Å²) in [6.45, 7) is 3.08. The third-order valence-electron chi connectivity index (χ3n) is 9.24. The molecular weight excluding hydrogens is 599 g/mol. The topological polar surface area (TPSA) is 56.5 Å². The quantitative estimate of drug-likeness (QED) is 0.184. The minimum Gasteiger partial charge on any atom is -0.339 e. The maximum absolute atomic E-state index is 5.29. The van der Waals surface area contributed by atoms with Crippen molar-refractivity contribution < 1.29 is 0 Å². The smallest absolute Gasteiger partial charge is 0.164 e. The second-order valence-corrected chi connectivity index (χ2v) is 12.2. The van der Waals surface area contributed by atoms with E-state index < -0.39 is 0 Å². The predicted molar refractivity (Wildman–Crippen MR) is 201 cm³/mol. The highest BCUT2D eigenvalue weighted by molar-refractivity contribution is 6.16. The van der Waals surface area contributed by atoms with Crippen LogP contribution in [0.4, 0.5) is 0 Å². The van der Waals surface area contributed by atoms with Gasteiger partial charge in [-0.15, -0.1) is 0 Å². The Labute approximate surface area is 284 Å². The van der Waals surface area contributed by atoms with Crippen molar-refractivity contribution in [2.45, 2.75) is 13.5 Å². The molecule has 3 aromatic heterocycles. The molecule has 0 saturated heterocycles. The van der Waals surface area contributed by atoms with Gasteiger partial charge in [0.1, 0.15) is 0 Å². The summed E-state index contributed by atoms with van der Waals surface area (Å²) in [4.78, 5) is 19.9. The third kappa shape index (κ3) is 5.13. The molecule has 9 aromatic rings. The molecule has 9 rings (SSSR count). The number of pyridine rings is 1. The van der Waals surface area contributed by atoms with E-state index in [1.54, 1.807) is 0 Å². The maximum atomic E-state index is 5.29. The summed E-state index contributed by atoms with van der Waals surface area (Å²) in [6.07, 6.45) is 0. The molecule has 0 aliphatic rings. The molecule has 3 heterocycles. The molecule has 0 aliphatic carbocycles. The molecule has 0 spiro atoms. The number of para-hydroxylation sites is 1. The van der Waals surface area contributed by atoms with Crippen LogP contribution in [0.5, 0.6) is 0 Å². The van der Waals surface area contributed by atoms with Gasteiger partial charge in [-0.2, -0.15) is 0 Å². The number of fused-ring (bicyclic) bond motifs is 5. The van der Waals surface area contributed by atoms with Crippen LogP contribution in [0.3, 0.4) is 0 Å². The minimum atomic E-state index is 0.643. The van der Waals surface area contributed by atoms with Gasteiger partial charge in [-0.25, -0.2) is 19.9 Å². The highest BCUT2D eigenvalue weighted by Gasteiger charge is 2.15. The Balaban J connectivity index is 1.09. The second-order valence-electron chi connectivity index (χ2n) is 12.2. The molecule has 232 valence electrons. The summed E-state index contributed by atoms with van der Waals surface area (Å²) in [5.41, 5.74) is 10.6. The van der Waals surface area contributed by atoms with Crippen LogP contribution in [-0.2, 0) is 6.54 Å². The first-order chi connectivity index (χ1) is 24.2. The Kier molecular flexibility index (Phi) is 7.02. The zero-order chi connectivity index (χ0) is 32.7. The maximum Gasteiger partial charge on any atom is 0.164 e. The number of aromatic nitrogens is 5. The highest BCUT2D eigenvalue weighted by Crippen LogP contribution is 2.35. The predicted octanol–water partition coefficient (Wildman–Crippen LogP) is 10.9. The number of benzene rings is 6. The fourth-order valence-corrected chi connectivity index (χ4v) is 6.82. The van der Waals surface area contributed by atoms with E-state index in [1.165, 1.54) is 21.8 Å². The summed E-state index contributed by atoms with van der Waals surface area (Å²) >= 11 is 0. The average Bonchev–Trinajstić information content (AvgIpc) is 3.52. The highest BCUT2D eigenvalue weighted by atomic mass is 15.0. The van der Waals surface area contributed by atoms with Gasteiger partial charge in [-0.05, 0) is 36.2 Å². The number of rotatable bonds is 6. The summed E-state index contributed by atoms with van der Waals surface area (Å²) in [6, 6.07) is 54.6. The third-order valence-corrected chi connectivity index (χ3v) is 9.24. The molecule has 6 aromatic carbocycles. The van der Waals surface area contributed by atoms with Gasteiger partial charge < -0.3 is 4.57 Å². The first-order valence-electron chi connectivity index (χ1n) is 16.6. The minimum absolute atomic E-state index is 0.643. The van der Waals surface area contributed by atoms with E-state index in [0.29, 0.717) is 17.5 Å². The van der Waals surface area contributed by atoms with Crippen LogP contribution in [0.15, 0.2) is 158 Å². The molecule has 0 radical (unpaired) electrons. The van der Waals surface area contributed by atoms with Gasteiger partial charge in [0.15, 0.2) is 17.5 Å². The van der Waals surface area contributed by atoms with Gasteiger partial charge >= 0.3 is 0 Å². The van der Waals surface area contributed by atoms with Crippen molar-refractivity contribution in [1.82, 2.24) is 24.5 Å². The van der Waals surface area contributed by atoms with Crippen molar-refractivity contribution in [3.05, 3.63) is 158 Å². The van der Waals surface area contributed by atoms with E-state index in [4.69, 9.17) is 19.9 Å². The molecule has 0 aliphatic heterocycles. The molecule has 0 N–H and O–H groups in total. The molecule has 49 heavy (non-hydrogen) atoms. The molecule has 0 unspecified atom stereocenters. The van der Waals surface area contributed by atoms with E-state index in [1.807, 2.05) is 60.7 Å². The standard InChI is InChI=1S/C44H31N5/c1-2-49-39-19-10-9-18-36(39)37-26-24-30-25-27-38(45-40(30)41(37)49)35-17-11-16-34(28-35)29-20-22-33(23-21-29)44-47-42(31-12-5-3-6-13-31)46-43(48-44)32-14-7-4-8-15-32/h3-28H,2H2,1H3. The van der Waals surface area contributed by atoms with Gasteiger partial charge in [-0.3, -0.25) is 0 Å². The SMILES string of the molecule is CCn1c2ccccc2c2ccc3ccc(-c4cccc(-c5ccc(-c6nc(-c7ccccc7)nc(-c7ccccc7)n6)cc5)c4)nc3c21. The molecule has 0 amide bonds. The lowest BCUT2D eigenvalue weighted by Crippen LogP contribution is -2.00. The molecular formula is C44H31N5. The monoisotopic (exact) mass is 629 g/mol. The van der Waals surface area contributed by atoms with E-state index >= 15 is 0 Å². The molecule has 5 heteroatoms. The van der Waals surface area contributed by atoms with Gasteiger partial charge in [-0.1, -0.05) is 140 Å². The van der Waals surface area contributed by atoms with Crippen molar-refractivity contribution in [1.29, 1.82) is 0 Å². The summed E-state index contributed by atoms with van der Waals surface area (Å²) < 4.78 is 2.39. The van der Waals surface area contributed by atoms with Crippen molar-refractivity contribution in [3.63, 3.8) is 0 Å². The molecule has 0 saturated carbocycles. The van der Waals surface area contributed by atoms with Crippen LogP contribution in [0, 0.1) is 0 Å². The number of nitrogens with zero attached hydrogens (tertiary/aromatic N) is 5. The fraction of sp³-hybridized carbons (Fsp3) is 0.0455. The average molecular weight is 630 g/mol. The van der Waals surface area contributed by atoms with Crippen LogP contribution in [0.1, 0.15) is 6.92 Å². The van der Waals surface area contributed by atoms with Crippen molar-refractivity contribution >= 4 is 32.7 Å². The second kappa shape index (κ2) is 12.0. The molecule has 0 bridgehead atoms. The summed E-state index contributed by atoms with van der Waals surface area (Å²) in [5, 5.41) is 3.65. The lowest BCUT2D eigenvalue weighted by atomic mass is 10.00. The first-order valence-corrected chi connectivity index (χ1v) is 16.6. The van der Waals surface area contributed by atoms with E-state index in [0.717, 1.165) is 56.5 Å². The molecule has 5 nitrogen and oxygen atoms in total. The van der Waals surface area contributed by atoms with Crippen LogP contribution in [-0.4, -0.2) is 24.5 Å². The number of hydrogen-bond acceptors (Lipinski definition) is 4. The van der Waals surface area contributed by atoms with Gasteiger partial charge in [0.05, 0.1) is 16.7 Å². The Morgan fingerprint density at radius 2 is 0.980 bits per heavy atom. The normalized spacial score (nSPS) is 11.4. The van der Waals surface area contributed by atoms with Crippen LogP contribution < -0.4 is 0 Å². The first kappa shape index (κ1) is 28.7.